The number of Topliss-reactive ketones (excluding diaryl/α,β-unsaturated/α-hetero) is 1. The van der Waals surface area contributed by atoms with Crippen molar-refractivity contribution >= 4 is 5.78 Å². The Labute approximate surface area is 109 Å². The molecule has 2 aliphatic carbocycles. The average Bonchev–Trinajstić information content (AvgIpc) is 3.04. The molecular weight excluding hydrogens is 224 g/mol. The van der Waals surface area contributed by atoms with E-state index < -0.39 is 0 Å². The van der Waals surface area contributed by atoms with E-state index in [9.17, 15) is 4.79 Å². The molecule has 0 amide bonds. The van der Waals surface area contributed by atoms with Crippen LogP contribution in [0.5, 0.6) is 0 Å². The topological polar surface area (TPSA) is 34.9 Å². The Bertz CT molecular complexity index is 437. The molecule has 1 aromatic rings. The van der Waals surface area contributed by atoms with E-state index in [-0.39, 0.29) is 0 Å². The lowest BCUT2D eigenvalue weighted by molar-refractivity contribution is 0.0944. The Hall–Kier alpha value is -1.12. The summed E-state index contributed by atoms with van der Waals surface area (Å²) in [6.07, 6.45) is 10.9. The minimum Gasteiger partial charge on any atom is -0.294 e. The molecule has 18 heavy (non-hydrogen) atoms. The second kappa shape index (κ2) is 4.87. The molecule has 2 bridgehead atoms. The van der Waals surface area contributed by atoms with Crippen molar-refractivity contribution < 1.29 is 4.79 Å². The van der Waals surface area contributed by atoms with Gasteiger partial charge < -0.3 is 0 Å². The van der Waals surface area contributed by atoms with E-state index in [1.165, 1.54) is 25.7 Å². The van der Waals surface area contributed by atoms with Gasteiger partial charge in [-0.2, -0.15) is 5.10 Å². The van der Waals surface area contributed by atoms with E-state index >= 15 is 0 Å². The van der Waals surface area contributed by atoms with Crippen molar-refractivity contribution in [3.63, 3.8) is 0 Å². The number of fused-ring (bicyclic) bond motifs is 2. The zero-order valence-electron chi connectivity index (χ0n) is 11.1. The summed E-state index contributed by atoms with van der Waals surface area (Å²) in [4.78, 5) is 12.2. The summed E-state index contributed by atoms with van der Waals surface area (Å²) in [5.74, 6) is 2.72. The molecule has 0 aromatic carbocycles. The van der Waals surface area contributed by atoms with Crippen LogP contribution >= 0.6 is 0 Å². The predicted octanol–water partition coefficient (Wildman–Crippen LogP) is 3.30. The predicted molar refractivity (Wildman–Crippen MR) is 70.4 cm³/mol. The zero-order chi connectivity index (χ0) is 12.5. The quantitative estimate of drug-likeness (QED) is 0.747. The molecule has 98 valence electrons. The van der Waals surface area contributed by atoms with E-state index in [1.807, 2.05) is 10.9 Å². The highest BCUT2D eigenvalue weighted by atomic mass is 16.1. The fourth-order valence-electron chi connectivity index (χ4n) is 3.84. The molecule has 0 spiro atoms. The van der Waals surface area contributed by atoms with Gasteiger partial charge in [0.2, 0.25) is 0 Å². The van der Waals surface area contributed by atoms with Gasteiger partial charge in [-0.05, 0) is 43.4 Å². The van der Waals surface area contributed by atoms with E-state index in [1.54, 1.807) is 6.20 Å². The molecule has 1 aromatic heterocycles. The summed E-state index contributed by atoms with van der Waals surface area (Å²) in [7, 11) is 0. The minimum absolute atomic E-state index is 0.301. The largest absolute Gasteiger partial charge is 0.294 e. The van der Waals surface area contributed by atoms with Gasteiger partial charge in [-0.25, -0.2) is 0 Å². The van der Waals surface area contributed by atoms with Crippen molar-refractivity contribution in [1.82, 2.24) is 9.78 Å². The van der Waals surface area contributed by atoms with Crippen LogP contribution < -0.4 is 0 Å². The van der Waals surface area contributed by atoms with Crippen molar-refractivity contribution in [2.45, 2.75) is 52.0 Å². The lowest BCUT2D eigenvalue weighted by Gasteiger charge is -2.20. The molecule has 2 aliphatic rings. The van der Waals surface area contributed by atoms with Crippen molar-refractivity contribution in [2.24, 2.45) is 17.8 Å². The van der Waals surface area contributed by atoms with Crippen molar-refractivity contribution in [2.75, 3.05) is 0 Å². The van der Waals surface area contributed by atoms with E-state index in [4.69, 9.17) is 0 Å². The molecule has 2 saturated carbocycles. The van der Waals surface area contributed by atoms with Gasteiger partial charge in [0.1, 0.15) is 0 Å². The van der Waals surface area contributed by atoms with Gasteiger partial charge in [-0.3, -0.25) is 9.48 Å². The van der Waals surface area contributed by atoms with Crippen LogP contribution in [0.15, 0.2) is 12.4 Å². The van der Waals surface area contributed by atoms with Crippen LogP contribution in [0.1, 0.15) is 55.8 Å². The summed E-state index contributed by atoms with van der Waals surface area (Å²) in [6, 6.07) is 0. The molecule has 0 saturated heterocycles. The number of carbonyl (C=O) groups excluding carboxylic acids is 1. The third-order valence-electron chi connectivity index (χ3n) is 4.74. The number of ketones is 1. The van der Waals surface area contributed by atoms with Gasteiger partial charge in [-0.15, -0.1) is 0 Å². The fourth-order valence-corrected chi connectivity index (χ4v) is 3.84. The first kappa shape index (κ1) is 11.9. The number of nitrogens with zero attached hydrogens (tertiary/aromatic N) is 2. The molecule has 3 atom stereocenters. The SMILES string of the molecule is CCCn1cc(C(=O)CC2CC3CCC2C3)cn1. The van der Waals surface area contributed by atoms with Crippen molar-refractivity contribution in [1.29, 1.82) is 0 Å². The Morgan fingerprint density at radius 2 is 2.33 bits per heavy atom. The molecule has 0 radical (unpaired) electrons. The molecule has 0 aliphatic heterocycles. The standard InChI is InChI=1S/C15H22N2O/c1-2-5-17-10-14(9-16-17)15(18)8-13-7-11-3-4-12(13)6-11/h9-13H,2-8H2,1H3. The monoisotopic (exact) mass is 246 g/mol. The van der Waals surface area contributed by atoms with Crippen LogP contribution in [-0.4, -0.2) is 15.6 Å². The first-order valence-electron chi connectivity index (χ1n) is 7.32. The number of hydrogen-bond donors (Lipinski definition) is 0. The van der Waals surface area contributed by atoms with Crippen LogP contribution in [-0.2, 0) is 6.54 Å². The molecule has 3 rings (SSSR count). The first-order valence-corrected chi connectivity index (χ1v) is 7.32. The average molecular weight is 246 g/mol. The van der Waals surface area contributed by atoms with Gasteiger partial charge in [-0.1, -0.05) is 13.3 Å². The van der Waals surface area contributed by atoms with E-state index in [0.29, 0.717) is 11.7 Å². The Balaban J connectivity index is 1.60. The maximum Gasteiger partial charge on any atom is 0.166 e. The number of aromatic nitrogens is 2. The van der Waals surface area contributed by atoms with Crippen LogP contribution in [0, 0.1) is 17.8 Å². The van der Waals surface area contributed by atoms with Crippen LogP contribution in [0.2, 0.25) is 0 Å². The lowest BCUT2D eigenvalue weighted by Crippen LogP contribution is -2.15. The van der Waals surface area contributed by atoms with Crippen molar-refractivity contribution in [3.8, 4) is 0 Å². The van der Waals surface area contributed by atoms with Crippen LogP contribution in [0.25, 0.3) is 0 Å². The molecule has 3 nitrogen and oxygen atoms in total. The minimum atomic E-state index is 0.301. The summed E-state index contributed by atoms with van der Waals surface area (Å²) < 4.78 is 1.88. The van der Waals surface area contributed by atoms with Gasteiger partial charge in [0.25, 0.3) is 0 Å². The zero-order valence-corrected chi connectivity index (χ0v) is 11.1. The number of aryl methyl sites for hydroxylation is 1. The molecule has 1 heterocycles. The van der Waals surface area contributed by atoms with Gasteiger partial charge >= 0.3 is 0 Å². The fraction of sp³-hybridized carbons (Fsp3) is 0.733. The maximum atomic E-state index is 12.2. The Morgan fingerprint density at radius 1 is 1.44 bits per heavy atom. The van der Waals surface area contributed by atoms with Gasteiger partial charge in [0, 0.05) is 19.2 Å². The van der Waals surface area contributed by atoms with Gasteiger partial charge in [0.05, 0.1) is 11.8 Å². The molecule has 2 fully saturated rings. The molecule has 3 heteroatoms. The maximum absolute atomic E-state index is 12.2. The summed E-state index contributed by atoms with van der Waals surface area (Å²) in [5, 5.41) is 4.25. The highest BCUT2D eigenvalue weighted by Crippen LogP contribution is 2.49. The first-order chi connectivity index (χ1) is 8.76. The molecular formula is C15H22N2O. The third-order valence-corrected chi connectivity index (χ3v) is 4.74. The number of rotatable bonds is 5. The van der Waals surface area contributed by atoms with Gasteiger partial charge in [0.15, 0.2) is 5.78 Å². The lowest BCUT2D eigenvalue weighted by atomic mass is 9.84. The molecule has 0 N–H and O–H groups in total. The highest BCUT2D eigenvalue weighted by molar-refractivity contribution is 5.95. The second-order valence-corrected chi connectivity index (χ2v) is 6.05. The normalized spacial score (nSPS) is 29.9. The van der Waals surface area contributed by atoms with E-state index in [2.05, 4.69) is 12.0 Å². The smallest absolute Gasteiger partial charge is 0.166 e. The highest BCUT2D eigenvalue weighted by Gasteiger charge is 2.40. The van der Waals surface area contributed by atoms with Crippen LogP contribution in [0.3, 0.4) is 0 Å². The Morgan fingerprint density at radius 3 is 3.00 bits per heavy atom. The second-order valence-electron chi connectivity index (χ2n) is 6.05. The summed E-state index contributed by atoms with van der Waals surface area (Å²) >= 11 is 0. The Kier molecular flexibility index (Phi) is 3.23. The number of carbonyl (C=O) groups is 1. The van der Waals surface area contributed by atoms with Crippen molar-refractivity contribution in [3.05, 3.63) is 18.0 Å². The van der Waals surface area contributed by atoms with Crippen LogP contribution in [0.4, 0.5) is 0 Å². The summed E-state index contributed by atoms with van der Waals surface area (Å²) in [5.41, 5.74) is 0.811. The third kappa shape index (κ3) is 2.23. The van der Waals surface area contributed by atoms with E-state index in [0.717, 1.165) is 36.8 Å². The summed E-state index contributed by atoms with van der Waals surface area (Å²) in [6.45, 7) is 3.03. The number of hydrogen-bond acceptors (Lipinski definition) is 2. The molecule has 3 unspecified atom stereocenters.